The van der Waals surface area contributed by atoms with Crippen molar-refractivity contribution in [2.24, 2.45) is 0 Å². The average Bonchev–Trinajstić information content (AvgIpc) is 3.13. The van der Waals surface area contributed by atoms with E-state index >= 15 is 0 Å². The molecule has 9 heteroatoms. The smallest absolute Gasteiger partial charge is 0.261 e. The van der Waals surface area contributed by atoms with Crippen molar-refractivity contribution in [1.29, 1.82) is 0 Å². The maximum atomic E-state index is 13.6. The van der Waals surface area contributed by atoms with E-state index in [4.69, 9.17) is 0 Å². The van der Waals surface area contributed by atoms with Crippen molar-refractivity contribution in [3.8, 4) is 0 Å². The van der Waals surface area contributed by atoms with Gasteiger partial charge in [0.05, 0.1) is 26.4 Å². The first-order valence-electron chi connectivity index (χ1n) is 9.88. The molecule has 1 aromatic heterocycles. The van der Waals surface area contributed by atoms with E-state index in [9.17, 15) is 13.2 Å². The quantitative estimate of drug-likeness (QED) is 0.476. The molecule has 1 heterocycles. The normalized spacial score (nSPS) is 11.5. The summed E-state index contributed by atoms with van der Waals surface area (Å²) in [6.07, 6.45) is 0.746. The van der Waals surface area contributed by atoms with Crippen molar-refractivity contribution in [3.05, 3.63) is 53.6 Å². The summed E-state index contributed by atoms with van der Waals surface area (Å²) in [5, 5.41) is 0.586. The van der Waals surface area contributed by atoms with Gasteiger partial charge in [0.25, 0.3) is 5.91 Å². The average molecular weight is 482 g/mol. The second-order valence-corrected chi connectivity index (χ2v) is 10.7. The lowest BCUT2D eigenvalue weighted by molar-refractivity contribution is 0.0983. The van der Waals surface area contributed by atoms with Gasteiger partial charge < -0.3 is 4.90 Å². The highest BCUT2D eigenvalue weighted by atomic mass is 35.5. The number of aromatic nitrogens is 1. The molecule has 0 N–H and O–H groups in total. The molecule has 0 unspecified atom stereocenters. The number of hydrogen-bond donors (Lipinski definition) is 0. The van der Waals surface area contributed by atoms with E-state index in [0.717, 1.165) is 28.7 Å². The van der Waals surface area contributed by atoms with Crippen molar-refractivity contribution < 1.29 is 13.2 Å². The summed E-state index contributed by atoms with van der Waals surface area (Å²) in [6, 6.07) is 12.4. The third-order valence-electron chi connectivity index (χ3n) is 4.83. The Morgan fingerprint density at radius 1 is 1.10 bits per heavy atom. The van der Waals surface area contributed by atoms with Gasteiger partial charge in [0.2, 0.25) is 0 Å². The van der Waals surface area contributed by atoms with Crippen LogP contribution in [0.5, 0.6) is 0 Å². The molecule has 0 fully saturated rings. The van der Waals surface area contributed by atoms with Crippen LogP contribution in [0.1, 0.15) is 29.3 Å². The first kappa shape index (κ1) is 25.3. The zero-order chi connectivity index (χ0) is 21.9. The Bertz CT molecular complexity index is 1160. The number of rotatable bonds is 8. The predicted octanol–water partition coefficient (Wildman–Crippen LogP) is 4.42. The van der Waals surface area contributed by atoms with Gasteiger partial charge in [-0.1, -0.05) is 36.5 Å². The van der Waals surface area contributed by atoms with Gasteiger partial charge in [-0.05, 0) is 63.8 Å². The van der Waals surface area contributed by atoms with Crippen molar-refractivity contribution >= 4 is 54.8 Å². The van der Waals surface area contributed by atoms with E-state index in [1.54, 1.807) is 30.0 Å². The number of amides is 1. The number of nitrogens with zero attached hydrogens (tertiary/aromatic N) is 3. The molecule has 6 nitrogen and oxygen atoms in total. The van der Waals surface area contributed by atoms with Gasteiger partial charge in [-0.3, -0.25) is 9.69 Å². The van der Waals surface area contributed by atoms with Crippen LogP contribution in [0.15, 0.2) is 47.4 Å². The predicted molar refractivity (Wildman–Crippen MR) is 131 cm³/mol. The zero-order valence-corrected chi connectivity index (χ0v) is 20.6. The second-order valence-electron chi connectivity index (χ2n) is 7.48. The van der Waals surface area contributed by atoms with Crippen LogP contribution < -0.4 is 4.90 Å². The zero-order valence-electron chi connectivity index (χ0n) is 18.2. The molecule has 0 aliphatic carbocycles. The maximum absolute atomic E-state index is 13.6. The molecule has 1 amide bonds. The van der Waals surface area contributed by atoms with Crippen molar-refractivity contribution in [1.82, 2.24) is 9.88 Å². The van der Waals surface area contributed by atoms with Gasteiger partial charge in [-0.25, -0.2) is 13.4 Å². The number of carbonyl (C=O) groups excluding carboxylic acids is 1. The van der Waals surface area contributed by atoms with Crippen LogP contribution in [0.2, 0.25) is 0 Å². The summed E-state index contributed by atoms with van der Waals surface area (Å²) >= 11 is 1.45. The molecule has 0 aliphatic heterocycles. The van der Waals surface area contributed by atoms with Crippen LogP contribution in [0.4, 0.5) is 5.13 Å². The van der Waals surface area contributed by atoms with Crippen LogP contribution in [0.3, 0.4) is 0 Å². The molecule has 0 bridgehead atoms. The van der Waals surface area contributed by atoms with Gasteiger partial charge in [0, 0.05) is 6.54 Å². The largest absolute Gasteiger partial charge is 0.309 e. The highest BCUT2D eigenvalue weighted by Crippen LogP contribution is 2.31. The standard InChI is InChI=1S/C22H27N3O3S2.ClH/c1-5-30(27,28)20-10-7-6-9-17(20)21(26)25(14-8-13-24(3)4)22-23-18-12-11-16(2)15-19(18)29-22;/h6-7,9-12,15H,5,8,13-14H2,1-4H3;1H. The molecule has 168 valence electrons. The van der Waals surface area contributed by atoms with Crippen molar-refractivity contribution in [3.63, 3.8) is 0 Å². The molecule has 31 heavy (non-hydrogen) atoms. The fraction of sp³-hybridized carbons (Fsp3) is 0.364. The molecule has 3 rings (SSSR count). The van der Waals surface area contributed by atoms with E-state index in [1.165, 1.54) is 17.4 Å². The number of benzene rings is 2. The number of halogens is 1. The Balaban J connectivity index is 0.00000341. The molecular weight excluding hydrogens is 454 g/mol. The van der Waals surface area contributed by atoms with E-state index < -0.39 is 9.84 Å². The number of thiazole rings is 1. The lowest BCUT2D eigenvalue weighted by Gasteiger charge is -2.22. The summed E-state index contributed by atoms with van der Waals surface area (Å²) in [7, 11) is 0.437. The minimum absolute atomic E-state index is 0. The highest BCUT2D eigenvalue weighted by Gasteiger charge is 2.27. The Morgan fingerprint density at radius 3 is 2.48 bits per heavy atom. The number of hydrogen-bond acceptors (Lipinski definition) is 6. The topological polar surface area (TPSA) is 70.6 Å². The van der Waals surface area contributed by atoms with Gasteiger partial charge in [-0.2, -0.15) is 0 Å². The Kier molecular flexibility index (Phi) is 8.59. The van der Waals surface area contributed by atoms with E-state index in [2.05, 4.69) is 16.0 Å². The first-order chi connectivity index (χ1) is 14.2. The van der Waals surface area contributed by atoms with Gasteiger partial charge in [0.15, 0.2) is 15.0 Å². The van der Waals surface area contributed by atoms with E-state index in [1.807, 2.05) is 33.2 Å². The SMILES string of the molecule is CCS(=O)(=O)c1ccccc1C(=O)N(CCCN(C)C)c1nc2ccc(C)cc2s1.Cl. The number of carbonyl (C=O) groups is 1. The van der Waals surface area contributed by atoms with Crippen LogP contribution >= 0.6 is 23.7 Å². The minimum Gasteiger partial charge on any atom is -0.309 e. The second kappa shape index (κ2) is 10.5. The van der Waals surface area contributed by atoms with Gasteiger partial charge >= 0.3 is 0 Å². The summed E-state index contributed by atoms with van der Waals surface area (Å²) in [5.41, 5.74) is 2.16. The lowest BCUT2D eigenvalue weighted by Crippen LogP contribution is -2.34. The monoisotopic (exact) mass is 481 g/mol. The molecule has 2 aromatic carbocycles. The Hall–Kier alpha value is -2.00. The third kappa shape index (κ3) is 5.83. The highest BCUT2D eigenvalue weighted by molar-refractivity contribution is 7.91. The van der Waals surface area contributed by atoms with Gasteiger partial charge in [-0.15, -0.1) is 12.4 Å². The fourth-order valence-electron chi connectivity index (χ4n) is 3.18. The Labute approximate surface area is 194 Å². The van der Waals surface area contributed by atoms with Crippen LogP contribution in [-0.4, -0.2) is 57.1 Å². The van der Waals surface area contributed by atoms with Crippen molar-refractivity contribution in [2.75, 3.05) is 37.8 Å². The van der Waals surface area contributed by atoms with Crippen molar-refractivity contribution in [2.45, 2.75) is 25.2 Å². The number of anilines is 1. The van der Waals surface area contributed by atoms with Crippen LogP contribution in [0.25, 0.3) is 10.2 Å². The molecule has 0 saturated heterocycles. The minimum atomic E-state index is -3.53. The third-order valence-corrected chi connectivity index (χ3v) is 7.66. The number of fused-ring (bicyclic) bond motifs is 1. The molecule has 0 aliphatic rings. The van der Waals surface area contributed by atoms with Crippen LogP contribution in [-0.2, 0) is 9.84 Å². The number of sulfone groups is 1. The summed E-state index contributed by atoms with van der Waals surface area (Å²) in [4.78, 5) is 22.0. The van der Waals surface area contributed by atoms with E-state index in [-0.39, 0.29) is 34.5 Å². The number of aryl methyl sites for hydroxylation is 1. The first-order valence-corrected chi connectivity index (χ1v) is 12.4. The molecule has 0 saturated carbocycles. The molecule has 0 atom stereocenters. The Morgan fingerprint density at radius 2 is 1.81 bits per heavy atom. The fourth-order valence-corrected chi connectivity index (χ4v) is 5.36. The maximum Gasteiger partial charge on any atom is 0.261 e. The summed E-state index contributed by atoms with van der Waals surface area (Å²) in [6.45, 7) is 4.87. The van der Waals surface area contributed by atoms with Gasteiger partial charge in [0.1, 0.15) is 0 Å². The summed E-state index contributed by atoms with van der Waals surface area (Å²) in [5.74, 6) is -0.393. The summed E-state index contributed by atoms with van der Waals surface area (Å²) < 4.78 is 26.2. The molecule has 0 radical (unpaired) electrons. The van der Waals surface area contributed by atoms with E-state index in [0.29, 0.717) is 11.7 Å². The molecule has 0 spiro atoms. The lowest BCUT2D eigenvalue weighted by atomic mass is 10.2. The molecular formula is C22H28ClN3O3S2. The molecule has 3 aromatic rings. The van der Waals surface area contributed by atoms with Crippen LogP contribution in [0, 0.1) is 6.92 Å².